The Hall–Kier alpha value is -3.74. The first-order chi connectivity index (χ1) is 12.7. The SMILES string of the molecule is O=C(NCc1nccnc1-c1ccco1)c1cc(=O)c2ccccc2o1. The summed E-state index contributed by atoms with van der Waals surface area (Å²) in [6.45, 7) is 0.110. The lowest BCUT2D eigenvalue weighted by Gasteiger charge is -2.07. The van der Waals surface area contributed by atoms with Crippen molar-refractivity contribution in [2.75, 3.05) is 0 Å². The van der Waals surface area contributed by atoms with Crippen LogP contribution in [0.4, 0.5) is 0 Å². The van der Waals surface area contributed by atoms with Crippen molar-refractivity contribution in [1.82, 2.24) is 15.3 Å². The van der Waals surface area contributed by atoms with Gasteiger partial charge in [0.05, 0.1) is 23.9 Å². The van der Waals surface area contributed by atoms with Gasteiger partial charge in [0.25, 0.3) is 5.91 Å². The molecule has 0 atom stereocenters. The first-order valence-electron chi connectivity index (χ1n) is 7.87. The van der Waals surface area contributed by atoms with Gasteiger partial charge in [-0.2, -0.15) is 0 Å². The van der Waals surface area contributed by atoms with Gasteiger partial charge >= 0.3 is 0 Å². The molecule has 0 unspecified atom stereocenters. The molecule has 0 saturated heterocycles. The standard InChI is InChI=1S/C19H13N3O4/c23-14-10-17(26-15-5-2-1-4-12(14)15)19(24)22-11-13-18(21-8-7-20-13)16-6-3-9-25-16/h1-10H,11H2,(H,22,24). The van der Waals surface area contributed by atoms with Gasteiger partial charge in [-0.25, -0.2) is 4.98 Å². The molecule has 0 bridgehead atoms. The quantitative estimate of drug-likeness (QED) is 0.609. The van der Waals surface area contributed by atoms with E-state index in [2.05, 4.69) is 15.3 Å². The highest BCUT2D eigenvalue weighted by Gasteiger charge is 2.15. The zero-order chi connectivity index (χ0) is 17.9. The third kappa shape index (κ3) is 2.98. The summed E-state index contributed by atoms with van der Waals surface area (Å²) in [6.07, 6.45) is 4.62. The molecule has 3 heterocycles. The molecule has 0 radical (unpaired) electrons. The van der Waals surface area contributed by atoms with E-state index in [0.717, 1.165) is 0 Å². The maximum Gasteiger partial charge on any atom is 0.287 e. The van der Waals surface area contributed by atoms with Gasteiger partial charge < -0.3 is 14.2 Å². The number of para-hydroxylation sites is 1. The molecule has 1 N–H and O–H groups in total. The molecular formula is C19H13N3O4. The number of nitrogens with one attached hydrogen (secondary N) is 1. The fourth-order valence-corrected chi connectivity index (χ4v) is 2.58. The highest BCUT2D eigenvalue weighted by Crippen LogP contribution is 2.20. The molecule has 0 saturated carbocycles. The number of amides is 1. The predicted octanol–water partition coefficient (Wildman–Crippen LogP) is 2.77. The molecule has 0 aliphatic carbocycles. The van der Waals surface area contributed by atoms with Crippen molar-refractivity contribution in [1.29, 1.82) is 0 Å². The molecule has 26 heavy (non-hydrogen) atoms. The number of carbonyl (C=O) groups is 1. The minimum atomic E-state index is -0.510. The minimum Gasteiger partial charge on any atom is -0.463 e. The summed E-state index contributed by atoms with van der Waals surface area (Å²) in [5.41, 5.74) is 1.17. The van der Waals surface area contributed by atoms with E-state index in [-0.39, 0.29) is 17.7 Å². The molecule has 7 nitrogen and oxygen atoms in total. The van der Waals surface area contributed by atoms with Crippen molar-refractivity contribution >= 4 is 16.9 Å². The monoisotopic (exact) mass is 347 g/mol. The number of rotatable bonds is 4. The first-order valence-corrected chi connectivity index (χ1v) is 7.87. The number of nitrogens with zero attached hydrogens (tertiary/aromatic N) is 2. The Bertz CT molecular complexity index is 1130. The van der Waals surface area contributed by atoms with Gasteiger partial charge in [0.1, 0.15) is 11.3 Å². The average molecular weight is 347 g/mol. The number of hydrogen-bond donors (Lipinski definition) is 1. The van der Waals surface area contributed by atoms with Crippen LogP contribution < -0.4 is 10.7 Å². The van der Waals surface area contributed by atoms with Crippen LogP contribution in [0, 0.1) is 0 Å². The van der Waals surface area contributed by atoms with E-state index in [0.29, 0.717) is 28.1 Å². The zero-order valence-corrected chi connectivity index (χ0v) is 13.5. The van der Waals surface area contributed by atoms with Gasteiger partial charge in [-0.1, -0.05) is 12.1 Å². The number of carbonyl (C=O) groups excluding carboxylic acids is 1. The number of furan rings is 1. The summed E-state index contributed by atoms with van der Waals surface area (Å²) in [5.74, 6) is -0.0133. The van der Waals surface area contributed by atoms with Crippen molar-refractivity contribution in [2.24, 2.45) is 0 Å². The average Bonchev–Trinajstić information content (AvgIpc) is 3.21. The van der Waals surface area contributed by atoms with E-state index < -0.39 is 5.91 Å². The zero-order valence-electron chi connectivity index (χ0n) is 13.5. The minimum absolute atomic E-state index is 0.0582. The Morgan fingerprint density at radius 1 is 1.08 bits per heavy atom. The summed E-state index contributed by atoms with van der Waals surface area (Å²) in [5, 5.41) is 3.12. The van der Waals surface area contributed by atoms with Gasteiger partial charge in [-0.15, -0.1) is 0 Å². The molecule has 0 aliphatic heterocycles. The Kier molecular flexibility index (Phi) is 4.03. The third-order valence-corrected chi connectivity index (χ3v) is 3.80. The smallest absolute Gasteiger partial charge is 0.287 e. The summed E-state index contributed by atoms with van der Waals surface area (Å²) < 4.78 is 10.9. The molecule has 0 spiro atoms. The lowest BCUT2D eigenvalue weighted by atomic mass is 10.2. The summed E-state index contributed by atoms with van der Waals surface area (Å²) >= 11 is 0. The highest BCUT2D eigenvalue weighted by atomic mass is 16.3. The van der Waals surface area contributed by atoms with Gasteiger partial charge in [0, 0.05) is 18.5 Å². The molecule has 0 fully saturated rings. The fourth-order valence-electron chi connectivity index (χ4n) is 2.58. The normalized spacial score (nSPS) is 10.8. The van der Waals surface area contributed by atoms with Crippen LogP contribution in [0.25, 0.3) is 22.4 Å². The topological polar surface area (TPSA) is 98.2 Å². The van der Waals surface area contributed by atoms with Crippen molar-refractivity contribution < 1.29 is 13.6 Å². The molecule has 4 aromatic rings. The van der Waals surface area contributed by atoms with Crippen molar-refractivity contribution in [2.45, 2.75) is 6.54 Å². The number of fused-ring (bicyclic) bond motifs is 1. The van der Waals surface area contributed by atoms with E-state index in [1.54, 1.807) is 42.6 Å². The lowest BCUT2D eigenvalue weighted by Crippen LogP contribution is -2.25. The van der Waals surface area contributed by atoms with Gasteiger partial charge in [0.15, 0.2) is 16.9 Å². The molecule has 3 aromatic heterocycles. The predicted molar refractivity (Wildman–Crippen MR) is 93.4 cm³/mol. The Labute approximate surface area is 147 Å². The number of aromatic nitrogens is 2. The van der Waals surface area contributed by atoms with Crippen LogP contribution in [0.3, 0.4) is 0 Å². The Morgan fingerprint density at radius 2 is 1.92 bits per heavy atom. The molecule has 128 valence electrons. The summed E-state index contributed by atoms with van der Waals surface area (Å²) in [4.78, 5) is 33.0. The fraction of sp³-hybridized carbons (Fsp3) is 0.0526. The van der Waals surface area contributed by atoms with Crippen molar-refractivity contribution in [3.63, 3.8) is 0 Å². The van der Waals surface area contributed by atoms with Crippen LogP contribution in [-0.4, -0.2) is 15.9 Å². The molecule has 1 amide bonds. The molecule has 0 aliphatic rings. The maximum absolute atomic E-state index is 12.4. The Morgan fingerprint density at radius 3 is 2.77 bits per heavy atom. The Balaban J connectivity index is 1.58. The molecule has 1 aromatic carbocycles. The second kappa shape index (κ2) is 6.64. The number of benzene rings is 1. The largest absolute Gasteiger partial charge is 0.463 e. The van der Waals surface area contributed by atoms with Crippen molar-refractivity contribution in [3.8, 4) is 11.5 Å². The van der Waals surface area contributed by atoms with Gasteiger partial charge in [-0.3, -0.25) is 14.6 Å². The summed E-state index contributed by atoms with van der Waals surface area (Å²) in [7, 11) is 0. The second-order valence-electron chi connectivity index (χ2n) is 5.48. The molecule has 4 rings (SSSR count). The van der Waals surface area contributed by atoms with Gasteiger partial charge in [0.2, 0.25) is 0 Å². The van der Waals surface area contributed by atoms with E-state index in [1.807, 2.05) is 0 Å². The van der Waals surface area contributed by atoms with E-state index in [4.69, 9.17) is 8.83 Å². The molecular weight excluding hydrogens is 334 g/mol. The van der Waals surface area contributed by atoms with Crippen molar-refractivity contribution in [3.05, 3.63) is 82.8 Å². The van der Waals surface area contributed by atoms with Crippen LogP contribution in [-0.2, 0) is 6.54 Å². The van der Waals surface area contributed by atoms with Crippen LogP contribution in [0.1, 0.15) is 16.2 Å². The van der Waals surface area contributed by atoms with Crippen LogP contribution in [0.2, 0.25) is 0 Å². The van der Waals surface area contributed by atoms with E-state index >= 15 is 0 Å². The van der Waals surface area contributed by atoms with Crippen LogP contribution in [0.15, 0.2) is 74.8 Å². The molecule has 7 heteroatoms. The second-order valence-corrected chi connectivity index (χ2v) is 5.48. The highest BCUT2D eigenvalue weighted by molar-refractivity contribution is 5.93. The van der Waals surface area contributed by atoms with Gasteiger partial charge in [-0.05, 0) is 24.3 Å². The van der Waals surface area contributed by atoms with E-state index in [9.17, 15) is 9.59 Å². The first kappa shape index (κ1) is 15.8. The van der Waals surface area contributed by atoms with Crippen LogP contribution in [0.5, 0.6) is 0 Å². The van der Waals surface area contributed by atoms with Crippen LogP contribution >= 0.6 is 0 Å². The third-order valence-electron chi connectivity index (χ3n) is 3.80. The van der Waals surface area contributed by atoms with E-state index in [1.165, 1.54) is 18.5 Å². The maximum atomic E-state index is 12.4. The number of hydrogen-bond acceptors (Lipinski definition) is 6. The lowest BCUT2D eigenvalue weighted by molar-refractivity contribution is 0.0923. The summed E-state index contributed by atoms with van der Waals surface area (Å²) in [6, 6.07) is 11.5.